The molecule has 0 spiro atoms. The van der Waals surface area contributed by atoms with Gasteiger partial charge in [0.15, 0.2) is 0 Å². The quantitative estimate of drug-likeness (QED) is 0.885. The maximum atomic E-state index is 12.3. The molecule has 6 heteroatoms. The van der Waals surface area contributed by atoms with Gasteiger partial charge in [0.1, 0.15) is 0 Å². The fourth-order valence-corrected chi connectivity index (χ4v) is 3.13. The molecule has 0 radical (unpaired) electrons. The average Bonchev–Trinajstić information content (AvgIpc) is 3.12. The van der Waals surface area contributed by atoms with Crippen LogP contribution in [0.1, 0.15) is 48.9 Å². The van der Waals surface area contributed by atoms with Crippen molar-refractivity contribution in [3.8, 4) is 0 Å². The Morgan fingerprint density at radius 1 is 1.18 bits per heavy atom. The summed E-state index contributed by atoms with van der Waals surface area (Å²) in [6.07, 6.45) is 0. The minimum Gasteiger partial charge on any atom is -0.345 e. The maximum absolute atomic E-state index is 12.3. The van der Waals surface area contributed by atoms with E-state index < -0.39 is 0 Å². The van der Waals surface area contributed by atoms with Gasteiger partial charge in [-0.3, -0.25) is 19.3 Å². The monoisotopic (exact) mass is 314 g/mol. The van der Waals surface area contributed by atoms with Crippen molar-refractivity contribution in [2.24, 2.45) is 0 Å². The van der Waals surface area contributed by atoms with Gasteiger partial charge in [0.2, 0.25) is 0 Å². The van der Waals surface area contributed by atoms with Crippen molar-refractivity contribution >= 4 is 29.1 Å². The minimum absolute atomic E-state index is 0.110. The standard InChI is InChI=1S/C16H14N2O3S/c1-9(13-4-3-7-22-13)17-14(19)10-5-6-11-12(8-10)16(21)18(2)15(11)20/h3-9H,1-2H3,(H,17,19)/t9-/m0/s1. The molecular weight excluding hydrogens is 300 g/mol. The first-order chi connectivity index (χ1) is 10.5. The highest BCUT2D eigenvalue weighted by Gasteiger charge is 2.33. The molecule has 0 aliphatic carbocycles. The summed E-state index contributed by atoms with van der Waals surface area (Å²) >= 11 is 1.57. The highest BCUT2D eigenvalue weighted by molar-refractivity contribution is 7.10. The molecule has 0 bridgehead atoms. The zero-order valence-corrected chi connectivity index (χ0v) is 12.9. The number of nitrogens with one attached hydrogen (secondary N) is 1. The van der Waals surface area contributed by atoms with Crippen LogP contribution in [0.5, 0.6) is 0 Å². The number of thiophene rings is 1. The Balaban J connectivity index is 1.83. The molecule has 1 aromatic carbocycles. The second-order valence-corrected chi connectivity index (χ2v) is 6.12. The summed E-state index contributed by atoms with van der Waals surface area (Å²) in [6, 6.07) is 8.35. The Bertz CT molecular complexity index is 768. The second kappa shape index (κ2) is 5.38. The molecule has 1 aliphatic heterocycles. The Morgan fingerprint density at radius 2 is 1.91 bits per heavy atom. The van der Waals surface area contributed by atoms with Crippen molar-refractivity contribution in [2.75, 3.05) is 7.05 Å². The number of carbonyl (C=O) groups excluding carboxylic acids is 3. The van der Waals surface area contributed by atoms with E-state index in [9.17, 15) is 14.4 Å². The summed E-state index contributed by atoms with van der Waals surface area (Å²) in [4.78, 5) is 38.2. The number of benzene rings is 1. The second-order valence-electron chi connectivity index (χ2n) is 5.14. The zero-order valence-electron chi connectivity index (χ0n) is 12.1. The molecule has 0 saturated carbocycles. The van der Waals surface area contributed by atoms with Crippen LogP contribution in [0.25, 0.3) is 0 Å². The number of hydrogen-bond donors (Lipinski definition) is 1. The Labute approximate surface area is 131 Å². The number of imide groups is 1. The highest BCUT2D eigenvalue weighted by Crippen LogP contribution is 2.23. The Morgan fingerprint density at radius 3 is 2.59 bits per heavy atom. The SMILES string of the molecule is C[C@H](NC(=O)c1ccc2c(c1)C(=O)N(C)C2=O)c1cccs1. The highest BCUT2D eigenvalue weighted by atomic mass is 32.1. The normalized spacial score (nSPS) is 14.9. The average molecular weight is 314 g/mol. The summed E-state index contributed by atoms with van der Waals surface area (Å²) in [7, 11) is 1.43. The van der Waals surface area contributed by atoms with Crippen LogP contribution in [0.15, 0.2) is 35.7 Å². The van der Waals surface area contributed by atoms with E-state index in [2.05, 4.69) is 5.32 Å². The minimum atomic E-state index is -0.374. The molecule has 112 valence electrons. The van der Waals surface area contributed by atoms with Crippen molar-refractivity contribution in [3.05, 3.63) is 57.3 Å². The van der Waals surface area contributed by atoms with Gasteiger partial charge in [-0.05, 0) is 36.6 Å². The van der Waals surface area contributed by atoms with Crippen LogP contribution in [0.2, 0.25) is 0 Å². The van der Waals surface area contributed by atoms with Crippen LogP contribution in [-0.4, -0.2) is 29.7 Å². The summed E-state index contributed by atoms with van der Waals surface area (Å²) in [5, 5.41) is 4.84. The molecule has 1 N–H and O–H groups in total. The van der Waals surface area contributed by atoms with Gasteiger partial charge in [0.25, 0.3) is 17.7 Å². The topological polar surface area (TPSA) is 66.5 Å². The van der Waals surface area contributed by atoms with Gasteiger partial charge in [-0.15, -0.1) is 11.3 Å². The summed E-state index contributed by atoms with van der Waals surface area (Å²) in [5.74, 6) is -0.974. The Hall–Kier alpha value is -2.47. The predicted octanol–water partition coefficient (Wildman–Crippen LogP) is 2.46. The lowest BCUT2D eigenvalue weighted by Crippen LogP contribution is -2.26. The predicted molar refractivity (Wildman–Crippen MR) is 83.1 cm³/mol. The van der Waals surface area contributed by atoms with E-state index >= 15 is 0 Å². The fraction of sp³-hybridized carbons (Fsp3) is 0.188. The lowest BCUT2D eigenvalue weighted by molar-refractivity contribution is 0.0693. The summed E-state index contributed by atoms with van der Waals surface area (Å²) in [5.41, 5.74) is 0.998. The largest absolute Gasteiger partial charge is 0.345 e. The van der Waals surface area contributed by atoms with E-state index in [0.29, 0.717) is 11.1 Å². The molecule has 3 amide bonds. The van der Waals surface area contributed by atoms with Gasteiger partial charge < -0.3 is 5.32 Å². The molecule has 0 saturated heterocycles. The molecule has 0 fully saturated rings. The van der Waals surface area contributed by atoms with Crippen molar-refractivity contribution in [1.29, 1.82) is 0 Å². The number of amides is 3. The van der Waals surface area contributed by atoms with Crippen molar-refractivity contribution in [2.45, 2.75) is 13.0 Å². The van der Waals surface area contributed by atoms with E-state index in [0.717, 1.165) is 9.78 Å². The molecule has 3 rings (SSSR count). The maximum Gasteiger partial charge on any atom is 0.261 e. The molecule has 1 aliphatic rings. The molecule has 0 unspecified atom stereocenters. The molecule has 1 aromatic heterocycles. The fourth-order valence-electron chi connectivity index (χ4n) is 2.39. The van der Waals surface area contributed by atoms with Crippen molar-refractivity contribution in [1.82, 2.24) is 10.2 Å². The van der Waals surface area contributed by atoms with Crippen molar-refractivity contribution in [3.63, 3.8) is 0 Å². The van der Waals surface area contributed by atoms with Gasteiger partial charge >= 0.3 is 0 Å². The first-order valence-electron chi connectivity index (χ1n) is 6.79. The number of fused-ring (bicyclic) bond motifs is 1. The molecule has 1 atom stereocenters. The lowest BCUT2D eigenvalue weighted by atomic mass is 10.0. The summed E-state index contributed by atoms with van der Waals surface area (Å²) < 4.78 is 0. The number of hydrogen-bond acceptors (Lipinski definition) is 4. The third kappa shape index (κ3) is 2.31. The Kier molecular flexibility index (Phi) is 3.54. The van der Waals surface area contributed by atoms with Crippen LogP contribution >= 0.6 is 11.3 Å². The molecular formula is C16H14N2O3S. The molecule has 2 aromatic rings. The summed E-state index contributed by atoms with van der Waals surface area (Å²) in [6.45, 7) is 1.90. The van der Waals surface area contributed by atoms with E-state index in [4.69, 9.17) is 0 Å². The van der Waals surface area contributed by atoms with Crippen LogP contribution in [-0.2, 0) is 0 Å². The van der Waals surface area contributed by atoms with E-state index in [-0.39, 0.29) is 29.3 Å². The first kappa shape index (κ1) is 14.5. The smallest absolute Gasteiger partial charge is 0.261 e. The number of nitrogens with zero attached hydrogens (tertiary/aromatic N) is 1. The number of carbonyl (C=O) groups is 3. The molecule has 2 heterocycles. The van der Waals surface area contributed by atoms with Gasteiger partial charge in [0, 0.05) is 17.5 Å². The first-order valence-corrected chi connectivity index (χ1v) is 7.67. The van der Waals surface area contributed by atoms with Gasteiger partial charge in [-0.2, -0.15) is 0 Å². The zero-order chi connectivity index (χ0) is 15.9. The van der Waals surface area contributed by atoms with Crippen LogP contribution < -0.4 is 5.32 Å². The van der Waals surface area contributed by atoms with E-state index in [1.165, 1.54) is 19.2 Å². The van der Waals surface area contributed by atoms with E-state index in [1.807, 2.05) is 24.4 Å². The molecule has 5 nitrogen and oxygen atoms in total. The lowest BCUT2D eigenvalue weighted by Gasteiger charge is -2.12. The molecule has 22 heavy (non-hydrogen) atoms. The third-order valence-electron chi connectivity index (χ3n) is 3.67. The number of rotatable bonds is 3. The van der Waals surface area contributed by atoms with Crippen LogP contribution in [0.3, 0.4) is 0 Å². The van der Waals surface area contributed by atoms with Crippen molar-refractivity contribution < 1.29 is 14.4 Å². The van der Waals surface area contributed by atoms with Gasteiger partial charge in [-0.1, -0.05) is 6.07 Å². The van der Waals surface area contributed by atoms with Crippen LogP contribution in [0, 0.1) is 0 Å². The van der Waals surface area contributed by atoms with E-state index in [1.54, 1.807) is 17.4 Å². The van der Waals surface area contributed by atoms with Gasteiger partial charge in [-0.25, -0.2) is 0 Å². The third-order valence-corrected chi connectivity index (χ3v) is 4.72. The van der Waals surface area contributed by atoms with Crippen LogP contribution in [0.4, 0.5) is 0 Å². The van der Waals surface area contributed by atoms with Gasteiger partial charge in [0.05, 0.1) is 17.2 Å².